The largest absolute Gasteiger partial charge is 0.383 e. The summed E-state index contributed by atoms with van der Waals surface area (Å²) in [5.41, 5.74) is 2.91. The van der Waals surface area contributed by atoms with Crippen molar-refractivity contribution in [2.75, 3.05) is 32.1 Å². The second kappa shape index (κ2) is 10.7. The van der Waals surface area contributed by atoms with Crippen LogP contribution in [0.1, 0.15) is 11.3 Å². The SMILES string of the molecule is COCCNCC(=O)Nc1ccc(Sc2nc(C)cs2)cc1C.Cl. The molecule has 0 fully saturated rings. The van der Waals surface area contributed by atoms with Crippen molar-refractivity contribution < 1.29 is 9.53 Å². The minimum Gasteiger partial charge on any atom is -0.383 e. The van der Waals surface area contributed by atoms with Gasteiger partial charge in [-0.2, -0.15) is 0 Å². The molecule has 1 aromatic heterocycles. The summed E-state index contributed by atoms with van der Waals surface area (Å²) in [6, 6.07) is 6.00. The number of benzene rings is 1. The molecule has 24 heavy (non-hydrogen) atoms. The van der Waals surface area contributed by atoms with Crippen LogP contribution >= 0.6 is 35.5 Å². The maximum absolute atomic E-state index is 11.9. The van der Waals surface area contributed by atoms with E-state index in [1.54, 1.807) is 30.2 Å². The third-order valence-electron chi connectivity index (χ3n) is 3.04. The quantitative estimate of drug-likeness (QED) is 0.678. The van der Waals surface area contributed by atoms with Gasteiger partial charge in [-0.3, -0.25) is 4.79 Å². The molecule has 0 saturated carbocycles. The fourth-order valence-corrected chi connectivity index (χ4v) is 3.80. The Kier molecular flexibility index (Phi) is 9.31. The zero-order valence-corrected chi connectivity index (χ0v) is 16.4. The zero-order chi connectivity index (χ0) is 16.7. The van der Waals surface area contributed by atoms with Crippen LogP contribution < -0.4 is 10.6 Å². The number of anilines is 1. The number of nitrogens with one attached hydrogen (secondary N) is 2. The summed E-state index contributed by atoms with van der Waals surface area (Å²) in [4.78, 5) is 17.4. The molecular formula is C16H22ClN3O2S2. The van der Waals surface area contributed by atoms with Crippen LogP contribution in [0.2, 0.25) is 0 Å². The van der Waals surface area contributed by atoms with E-state index in [0.717, 1.165) is 26.2 Å². The first-order valence-corrected chi connectivity index (χ1v) is 8.98. The van der Waals surface area contributed by atoms with E-state index in [4.69, 9.17) is 4.74 Å². The van der Waals surface area contributed by atoms with Gasteiger partial charge in [0.2, 0.25) is 5.91 Å². The van der Waals surface area contributed by atoms with Gasteiger partial charge < -0.3 is 15.4 Å². The number of aryl methyl sites for hydroxylation is 2. The van der Waals surface area contributed by atoms with E-state index in [-0.39, 0.29) is 24.9 Å². The maximum Gasteiger partial charge on any atom is 0.238 e. The molecule has 0 aliphatic rings. The van der Waals surface area contributed by atoms with Crippen LogP contribution in [-0.4, -0.2) is 37.7 Å². The van der Waals surface area contributed by atoms with E-state index < -0.39 is 0 Å². The lowest BCUT2D eigenvalue weighted by Crippen LogP contribution is -2.30. The Bertz CT molecular complexity index is 665. The molecule has 0 aliphatic carbocycles. The highest BCUT2D eigenvalue weighted by atomic mass is 35.5. The van der Waals surface area contributed by atoms with Gasteiger partial charge >= 0.3 is 0 Å². The molecular weight excluding hydrogens is 366 g/mol. The summed E-state index contributed by atoms with van der Waals surface area (Å²) in [6.45, 7) is 5.51. The highest BCUT2D eigenvalue weighted by molar-refractivity contribution is 8.01. The summed E-state index contributed by atoms with van der Waals surface area (Å²) < 4.78 is 5.95. The average molecular weight is 388 g/mol. The van der Waals surface area contributed by atoms with Crippen molar-refractivity contribution in [3.63, 3.8) is 0 Å². The summed E-state index contributed by atoms with van der Waals surface area (Å²) in [5.74, 6) is -0.0554. The van der Waals surface area contributed by atoms with E-state index in [2.05, 4.69) is 21.7 Å². The molecule has 0 unspecified atom stereocenters. The normalized spacial score (nSPS) is 10.3. The van der Waals surface area contributed by atoms with Crippen molar-refractivity contribution in [3.8, 4) is 0 Å². The lowest BCUT2D eigenvalue weighted by atomic mass is 10.2. The molecule has 0 aliphatic heterocycles. The molecule has 132 valence electrons. The third-order valence-corrected chi connectivity index (χ3v) is 5.09. The van der Waals surface area contributed by atoms with E-state index in [0.29, 0.717) is 13.2 Å². The maximum atomic E-state index is 11.9. The van der Waals surface area contributed by atoms with E-state index in [1.165, 1.54) is 0 Å². The van der Waals surface area contributed by atoms with E-state index in [1.807, 2.05) is 31.4 Å². The van der Waals surface area contributed by atoms with E-state index >= 15 is 0 Å². The number of thiazole rings is 1. The molecule has 2 rings (SSSR count). The van der Waals surface area contributed by atoms with Crippen molar-refractivity contribution in [1.29, 1.82) is 0 Å². The van der Waals surface area contributed by atoms with Crippen molar-refractivity contribution in [3.05, 3.63) is 34.8 Å². The number of hydrogen-bond donors (Lipinski definition) is 2. The molecule has 2 N–H and O–H groups in total. The van der Waals surface area contributed by atoms with Crippen LogP contribution in [-0.2, 0) is 9.53 Å². The fraction of sp³-hybridized carbons (Fsp3) is 0.375. The topological polar surface area (TPSA) is 63.2 Å². The number of amides is 1. The number of rotatable bonds is 8. The first kappa shape index (κ1) is 20.9. The summed E-state index contributed by atoms with van der Waals surface area (Å²) in [7, 11) is 1.64. The van der Waals surface area contributed by atoms with Gasteiger partial charge in [-0.05, 0) is 37.6 Å². The predicted molar refractivity (Wildman–Crippen MR) is 103 cm³/mol. The minimum absolute atomic E-state index is 0. The zero-order valence-electron chi connectivity index (χ0n) is 13.9. The third kappa shape index (κ3) is 6.78. The van der Waals surface area contributed by atoms with Crippen LogP contribution in [0, 0.1) is 13.8 Å². The van der Waals surface area contributed by atoms with Crippen molar-refractivity contribution in [2.24, 2.45) is 0 Å². The van der Waals surface area contributed by atoms with Crippen LogP contribution in [0.5, 0.6) is 0 Å². The molecule has 5 nitrogen and oxygen atoms in total. The van der Waals surface area contributed by atoms with Crippen LogP contribution in [0.4, 0.5) is 5.69 Å². The van der Waals surface area contributed by atoms with Gasteiger partial charge in [-0.1, -0.05) is 11.8 Å². The van der Waals surface area contributed by atoms with Crippen molar-refractivity contribution in [2.45, 2.75) is 23.1 Å². The highest BCUT2D eigenvalue weighted by Gasteiger charge is 2.07. The molecule has 0 atom stereocenters. The van der Waals surface area contributed by atoms with Gasteiger partial charge in [0.1, 0.15) is 0 Å². The number of methoxy groups -OCH3 is 1. The lowest BCUT2D eigenvalue weighted by Gasteiger charge is -2.10. The Labute approximate surface area is 157 Å². The first-order chi connectivity index (χ1) is 11.1. The van der Waals surface area contributed by atoms with E-state index in [9.17, 15) is 4.79 Å². The Hall–Kier alpha value is -1.12. The van der Waals surface area contributed by atoms with Gasteiger partial charge in [0.15, 0.2) is 4.34 Å². The van der Waals surface area contributed by atoms with Gasteiger partial charge in [-0.15, -0.1) is 23.7 Å². The average Bonchev–Trinajstić information content (AvgIpc) is 2.92. The molecule has 0 spiro atoms. The fourth-order valence-electron chi connectivity index (χ4n) is 1.89. The molecule has 2 aromatic rings. The van der Waals surface area contributed by atoms with Crippen LogP contribution in [0.15, 0.2) is 32.8 Å². The first-order valence-electron chi connectivity index (χ1n) is 7.28. The molecule has 1 aromatic carbocycles. The minimum atomic E-state index is -0.0554. The smallest absolute Gasteiger partial charge is 0.238 e. The molecule has 0 saturated heterocycles. The van der Waals surface area contributed by atoms with Gasteiger partial charge in [-0.25, -0.2) is 4.98 Å². The highest BCUT2D eigenvalue weighted by Crippen LogP contribution is 2.32. The van der Waals surface area contributed by atoms with Gasteiger partial charge in [0.25, 0.3) is 0 Å². The molecule has 1 amide bonds. The molecule has 0 bridgehead atoms. The summed E-state index contributed by atoms with van der Waals surface area (Å²) >= 11 is 3.28. The summed E-state index contributed by atoms with van der Waals surface area (Å²) in [6.07, 6.45) is 0. The monoisotopic (exact) mass is 387 g/mol. The van der Waals surface area contributed by atoms with Crippen LogP contribution in [0.3, 0.4) is 0 Å². The lowest BCUT2D eigenvalue weighted by molar-refractivity contribution is -0.115. The second-order valence-corrected chi connectivity index (χ2v) is 7.23. The number of halogens is 1. The molecule has 1 heterocycles. The Morgan fingerprint density at radius 3 is 2.79 bits per heavy atom. The van der Waals surface area contributed by atoms with Gasteiger partial charge in [0.05, 0.1) is 13.2 Å². The van der Waals surface area contributed by atoms with Crippen molar-refractivity contribution in [1.82, 2.24) is 10.3 Å². The number of carbonyl (C=O) groups is 1. The summed E-state index contributed by atoms with van der Waals surface area (Å²) in [5, 5.41) is 7.98. The number of aromatic nitrogens is 1. The number of nitrogens with zero attached hydrogens (tertiary/aromatic N) is 1. The van der Waals surface area contributed by atoms with Gasteiger partial charge in [0, 0.05) is 35.3 Å². The Balaban J connectivity index is 0.00000288. The Morgan fingerprint density at radius 1 is 1.38 bits per heavy atom. The second-order valence-electron chi connectivity index (χ2n) is 5.05. The molecule has 0 radical (unpaired) electrons. The number of hydrogen-bond acceptors (Lipinski definition) is 6. The number of ether oxygens (including phenoxy) is 1. The van der Waals surface area contributed by atoms with Crippen molar-refractivity contribution >= 4 is 47.1 Å². The molecule has 8 heteroatoms. The number of carbonyl (C=O) groups excluding carboxylic acids is 1. The predicted octanol–water partition coefficient (Wildman–Crippen LogP) is 3.51. The Morgan fingerprint density at radius 2 is 2.17 bits per heavy atom. The standard InChI is InChI=1S/C16H21N3O2S2.ClH/c1-11-8-13(23-16-18-12(2)10-22-16)4-5-14(11)19-15(20)9-17-6-7-21-3;/h4-5,8,10,17H,6-7,9H2,1-3H3,(H,19,20);1H. The van der Waals surface area contributed by atoms with Crippen LogP contribution in [0.25, 0.3) is 0 Å².